The Morgan fingerprint density at radius 2 is 0.926 bits per heavy atom. The van der Waals surface area contributed by atoms with E-state index in [1.54, 1.807) is 0 Å². The molecule has 1 heteroatoms. The van der Waals surface area contributed by atoms with Gasteiger partial charge in [-0.3, -0.25) is 0 Å². The van der Waals surface area contributed by atoms with Crippen molar-refractivity contribution >= 4 is 21.5 Å². The minimum atomic E-state index is 0. The summed E-state index contributed by atoms with van der Waals surface area (Å²) in [5.74, 6) is 0. The van der Waals surface area contributed by atoms with Gasteiger partial charge in [0, 0.05) is 0 Å². The minimum absolute atomic E-state index is 0. The molecule has 27 heavy (non-hydrogen) atoms. The first-order valence-electron chi connectivity index (χ1n) is 10.1. The molecule has 4 aromatic rings. The van der Waals surface area contributed by atoms with E-state index in [1.807, 2.05) is 0 Å². The van der Waals surface area contributed by atoms with Crippen LogP contribution in [-0.2, 0) is 42.8 Å². The molecule has 0 bridgehead atoms. The fourth-order valence-electron chi connectivity index (χ4n) is 4.16. The Morgan fingerprint density at radius 1 is 0.556 bits per heavy atom. The van der Waals surface area contributed by atoms with E-state index in [9.17, 15) is 0 Å². The molecule has 0 aliphatic carbocycles. The number of hydrogen-bond donors (Lipinski definition) is 0. The van der Waals surface area contributed by atoms with Gasteiger partial charge in [-0.15, -0.1) is 81.2 Å². The van der Waals surface area contributed by atoms with E-state index in [4.69, 9.17) is 0 Å². The maximum Gasteiger partial charge on any atom is 2.00 e. The van der Waals surface area contributed by atoms with Crippen LogP contribution in [0.15, 0.2) is 60.7 Å². The van der Waals surface area contributed by atoms with Crippen LogP contribution in [0.1, 0.15) is 49.9 Å². The van der Waals surface area contributed by atoms with Crippen LogP contribution in [-0.4, -0.2) is 0 Å². The van der Waals surface area contributed by atoms with Gasteiger partial charge in [0.1, 0.15) is 0 Å². The van der Waals surface area contributed by atoms with E-state index >= 15 is 0 Å². The summed E-state index contributed by atoms with van der Waals surface area (Å²) in [7, 11) is 0. The van der Waals surface area contributed by atoms with Gasteiger partial charge in [-0.25, -0.2) is 0 Å². The van der Waals surface area contributed by atoms with E-state index < -0.39 is 0 Å². The Bertz CT molecular complexity index is 902. The Hall–Kier alpha value is -1.82. The van der Waals surface area contributed by atoms with Crippen molar-refractivity contribution in [3.63, 3.8) is 0 Å². The van der Waals surface area contributed by atoms with Crippen molar-refractivity contribution in [1.82, 2.24) is 0 Å². The molecule has 0 aliphatic rings. The van der Waals surface area contributed by atoms with Gasteiger partial charge in [-0.1, -0.05) is 52.7 Å². The minimum Gasteiger partial charge on any atom is -0.150 e. The predicted octanol–water partition coefficient (Wildman–Crippen LogP) is 7.36. The molecule has 0 unspecified atom stereocenters. The first-order chi connectivity index (χ1) is 12.7. The van der Waals surface area contributed by atoms with E-state index in [2.05, 4.69) is 88.4 Å². The zero-order valence-electron chi connectivity index (χ0n) is 17.0. The molecule has 0 saturated heterocycles. The quantitative estimate of drug-likeness (QED) is 0.249. The number of fused-ring (bicyclic) bond motifs is 2. The molecule has 0 aliphatic heterocycles. The molecule has 4 aromatic carbocycles. The third-order valence-electron chi connectivity index (χ3n) is 5.48. The molecule has 0 nitrogen and oxygen atoms in total. The van der Waals surface area contributed by atoms with Crippen molar-refractivity contribution in [2.75, 3.05) is 0 Å². The van der Waals surface area contributed by atoms with Crippen molar-refractivity contribution in [3.05, 3.63) is 82.9 Å². The molecular weight excluding hydrogens is 368 g/mol. The molecule has 0 radical (unpaired) electrons. The molecule has 142 valence electrons. The molecular formula is C26H30Fe. The van der Waals surface area contributed by atoms with Gasteiger partial charge in [-0.05, 0) is 12.8 Å². The van der Waals surface area contributed by atoms with Gasteiger partial charge in [0.05, 0.1) is 0 Å². The smallest absolute Gasteiger partial charge is 0.150 e. The monoisotopic (exact) mass is 398 g/mol. The Balaban J connectivity index is 0.000000187. The van der Waals surface area contributed by atoms with Crippen LogP contribution in [0.5, 0.6) is 0 Å². The fourth-order valence-corrected chi connectivity index (χ4v) is 4.16. The molecule has 0 heterocycles. The summed E-state index contributed by atoms with van der Waals surface area (Å²) in [6, 6.07) is 22.0. The topological polar surface area (TPSA) is 0 Å². The summed E-state index contributed by atoms with van der Waals surface area (Å²) in [5, 5.41) is 5.69. The average Bonchev–Trinajstić information content (AvgIpc) is 3.25. The van der Waals surface area contributed by atoms with Gasteiger partial charge in [0.15, 0.2) is 0 Å². The fraction of sp³-hybridized carbons (Fsp3) is 0.308. The van der Waals surface area contributed by atoms with Crippen LogP contribution >= 0.6 is 0 Å². The van der Waals surface area contributed by atoms with Crippen LogP contribution in [0, 0.1) is 0 Å². The summed E-state index contributed by atoms with van der Waals surface area (Å²) in [6.45, 7) is 8.93. The number of aryl methyl sites for hydroxylation is 4. The molecule has 0 spiro atoms. The number of rotatable bonds is 4. The molecule has 4 rings (SSSR count). The van der Waals surface area contributed by atoms with Crippen LogP contribution in [0.4, 0.5) is 0 Å². The average molecular weight is 398 g/mol. The summed E-state index contributed by atoms with van der Waals surface area (Å²) < 4.78 is 0. The van der Waals surface area contributed by atoms with Gasteiger partial charge in [-0.2, -0.15) is 11.1 Å². The first kappa shape index (κ1) is 21.5. The van der Waals surface area contributed by atoms with Crippen molar-refractivity contribution in [2.24, 2.45) is 0 Å². The molecule has 0 atom stereocenters. The van der Waals surface area contributed by atoms with Crippen molar-refractivity contribution in [3.8, 4) is 0 Å². The Labute approximate surface area is 174 Å². The molecule has 0 N–H and O–H groups in total. The van der Waals surface area contributed by atoms with Crippen molar-refractivity contribution < 1.29 is 17.1 Å². The normalized spacial score (nSPS) is 10.5. The van der Waals surface area contributed by atoms with Gasteiger partial charge in [0.2, 0.25) is 0 Å². The second-order valence-corrected chi connectivity index (χ2v) is 6.88. The number of benzene rings is 2. The molecule has 0 amide bonds. The maximum absolute atomic E-state index is 2.33. The van der Waals surface area contributed by atoms with E-state index in [-0.39, 0.29) is 17.1 Å². The zero-order valence-corrected chi connectivity index (χ0v) is 18.1. The zero-order chi connectivity index (χ0) is 18.5. The van der Waals surface area contributed by atoms with E-state index in [1.165, 1.54) is 43.8 Å². The van der Waals surface area contributed by atoms with Crippen LogP contribution < -0.4 is 0 Å². The summed E-state index contributed by atoms with van der Waals surface area (Å²) in [5.41, 5.74) is 6.11. The molecule has 0 aromatic heterocycles. The van der Waals surface area contributed by atoms with Crippen LogP contribution in [0.2, 0.25) is 0 Å². The standard InChI is InChI=1S/2C13H15.Fe/c2*1-3-10-9-11-7-5-6-8-13(11)12(10)4-2;/h2*5-9H,3-4H2,1-2H3;/q2*-1;+2. The van der Waals surface area contributed by atoms with Crippen LogP contribution in [0.3, 0.4) is 0 Å². The molecule has 0 saturated carbocycles. The first-order valence-corrected chi connectivity index (χ1v) is 10.1. The second kappa shape index (κ2) is 9.92. The largest absolute Gasteiger partial charge is 2.00 e. The van der Waals surface area contributed by atoms with E-state index in [0.29, 0.717) is 0 Å². The summed E-state index contributed by atoms with van der Waals surface area (Å²) in [4.78, 5) is 0. The SMILES string of the molecule is CCc1[cH-]c2ccccc2c1CC.CCc1[cH-]c2ccccc2c1CC.[Fe+2]. The summed E-state index contributed by atoms with van der Waals surface area (Å²) >= 11 is 0. The van der Waals surface area contributed by atoms with Gasteiger partial charge in [0.25, 0.3) is 0 Å². The third-order valence-corrected chi connectivity index (χ3v) is 5.48. The predicted molar refractivity (Wildman–Crippen MR) is 117 cm³/mol. The Morgan fingerprint density at radius 3 is 1.26 bits per heavy atom. The van der Waals surface area contributed by atoms with E-state index in [0.717, 1.165) is 25.7 Å². The van der Waals surface area contributed by atoms with Crippen LogP contribution in [0.25, 0.3) is 21.5 Å². The molecule has 0 fully saturated rings. The van der Waals surface area contributed by atoms with Crippen molar-refractivity contribution in [2.45, 2.75) is 53.4 Å². The van der Waals surface area contributed by atoms with Gasteiger partial charge < -0.3 is 0 Å². The third kappa shape index (κ3) is 4.37. The Kier molecular flexibility index (Phi) is 7.90. The maximum atomic E-state index is 2.33. The number of hydrogen-bond acceptors (Lipinski definition) is 0. The van der Waals surface area contributed by atoms with Gasteiger partial charge >= 0.3 is 17.1 Å². The van der Waals surface area contributed by atoms with Crippen molar-refractivity contribution in [1.29, 1.82) is 0 Å². The second-order valence-electron chi connectivity index (χ2n) is 6.88. The summed E-state index contributed by atoms with van der Waals surface area (Å²) in [6.07, 6.45) is 4.60.